The van der Waals surface area contributed by atoms with Crippen LogP contribution in [0, 0.1) is 12.7 Å². The Morgan fingerprint density at radius 3 is 2.30 bits per heavy atom. The number of nitrogens with zero attached hydrogens (tertiary/aromatic N) is 1. The molecular formula is C24H22FNO4. The number of halogens is 1. The van der Waals surface area contributed by atoms with Crippen molar-refractivity contribution in [1.29, 1.82) is 0 Å². The van der Waals surface area contributed by atoms with E-state index in [-0.39, 0.29) is 40.8 Å². The number of carbonyl (C=O) groups excluding carboxylic acids is 2. The normalized spacial score (nSPS) is 10.5. The largest absolute Gasteiger partial charge is 0.493 e. The van der Waals surface area contributed by atoms with Gasteiger partial charge in [-0.25, -0.2) is 4.39 Å². The Balaban J connectivity index is 1.92. The van der Waals surface area contributed by atoms with E-state index in [1.807, 2.05) is 6.92 Å². The molecule has 0 saturated carbocycles. The number of ketones is 2. The molecule has 0 amide bonds. The molecule has 0 radical (unpaired) electrons. The minimum absolute atomic E-state index is 0.247. The third-order valence-corrected chi connectivity index (χ3v) is 4.68. The van der Waals surface area contributed by atoms with Crippen molar-refractivity contribution in [2.75, 3.05) is 14.2 Å². The van der Waals surface area contributed by atoms with Gasteiger partial charge in [-0.15, -0.1) is 0 Å². The number of aryl methyl sites for hydroxylation is 1. The molecule has 0 spiro atoms. The van der Waals surface area contributed by atoms with E-state index in [9.17, 15) is 14.0 Å². The molecule has 30 heavy (non-hydrogen) atoms. The van der Waals surface area contributed by atoms with E-state index in [1.165, 1.54) is 26.4 Å². The van der Waals surface area contributed by atoms with Crippen molar-refractivity contribution < 1.29 is 23.5 Å². The molecule has 1 heterocycles. The van der Waals surface area contributed by atoms with Crippen LogP contribution in [0.15, 0.2) is 54.7 Å². The van der Waals surface area contributed by atoms with Crippen molar-refractivity contribution >= 4 is 11.6 Å². The minimum Gasteiger partial charge on any atom is -0.493 e. The minimum atomic E-state index is -0.389. The van der Waals surface area contributed by atoms with Gasteiger partial charge >= 0.3 is 0 Å². The summed E-state index contributed by atoms with van der Waals surface area (Å²) < 4.78 is 24.0. The summed E-state index contributed by atoms with van der Waals surface area (Å²) in [7, 11) is 2.92. The number of rotatable bonds is 8. The number of methoxy groups -OCH3 is 2. The lowest BCUT2D eigenvalue weighted by Crippen LogP contribution is -2.12. The maximum absolute atomic E-state index is 13.2. The fraction of sp³-hybridized carbons (Fsp3) is 0.208. The fourth-order valence-electron chi connectivity index (χ4n) is 3.19. The van der Waals surface area contributed by atoms with Crippen LogP contribution in [-0.4, -0.2) is 30.8 Å². The van der Waals surface area contributed by atoms with Gasteiger partial charge in [0.15, 0.2) is 23.1 Å². The molecule has 0 N–H and O–H groups in total. The van der Waals surface area contributed by atoms with Crippen LogP contribution in [0.4, 0.5) is 4.39 Å². The van der Waals surface area contributed by atoms with Crippen molar-refractivity contribution in [2.24, 2.45) is 0 Å². The Labute approximate surface area is 174 Å². The van der Waals surface area contributed by atoms with Gasteiger partial charge in [0, 0.05) is 6.20 Å². The third-order valence-electron chi connectivity index (χ3n) is 4.68. The number of pyridine rings is 1. The SMILES string of the molecule is COc1cc(Cc2ccc(F)cc2)cc(C(=O)CC(=O)c2cc(C)ccn2)c1OC. The lowest BCUT2D eigenvalue weighted by atomic mass is 9.97. The fourth-order valence-corrected chi connectivity index (χ4v) is 3.19. The van der Waals surface area contributed by atoms with E-state index in [4.69, 9.17) is 9.47 Å². The van der Waals surface area contributed by atoms with E-state index in [0.29, 0.717) is 12.2 Å². The third kappa shape index (κ3) is 4.89. The highest BCUT2D eigenvalue weighted by molar-refractivity contribution is 6.14. The van der Waals surface area contributed by atoms with Gasteiger partial charge < -0.3 is 9.47 Å². The first kappa shape index (κ1) is 21.2. The van der Waals surface area contributed by atoms with Gasteiger partial charge in [0.2, 0.25) is 0 Å². The predicted molar refractivity (Wildman–Crippen MR) is 111 cm³/mol. The maximum atomic E-state index is 13.2. The van der Waals surface area contributed by atoms with Crippen molar-refractivity contribution in [1.82, 2.24) is 4.98 Å². The van der Waals surface area contributed by atoms with Crippen LogP contribution >= 0.6 is 0 Å². The number of aromatic nitrogens is 1. The van der Waals surface area contributed by atoms with Gasteiger partial charge in [-0.05, 0) is 66.4 Å². The number of hydrogen-bond acceptors (Lipinski definition) is 5. The number of Topliss-reactive ketones (excluding diaryl/α,β-unsaturated/α-hetero) is 2. The molecule has 0 atom stereocenters. The lowest BCUT2D eigenvalue weighted by molar-refractivity contribution is 0.0889. The average molecular weight is 407 g/mol. The molecule has 0 aliphatic heterocycles. The van der Waals surface area contributed by atoms with Crippen LogP contribution in [0.3, 0.4) is 0 Å². The predicted octanol–water partition coefficient (Wildman–Crippen LogP) is 4.59. The van der Waals surface area contributed by atoms with Crippen LogP contribution in [0.5, 0.6) is 11.5 Å². The number of ether oxygens (including phenoxy) is 2. The average Bonchev–Trinajstić information content (AvgIpc) is 2.74. The Morgan fingerprint density at radius 1 is 0.933 bits per heavy atom. The quantitative estimate of drug-likeness (QED) is 0.404. The summed E-state index contributed by atoms with van der Waals surface area (Å²) >= 11 is 0. The van der Waals surface area contributed by atoms with E-state index in [0.717, 1.165) is 16.7 Å². The summed E-state index contributed by atoms with van der Waals surface area (Å²) in [6.07, 6.45) is 1.67. The second-order valence-corrected chi connectivity index (χ2v) is 6.92. The molecule has 154 valence electrons. The molecule has 0 aliphatic carbocycles. The highest BCUT2D eigenvalue weighted by atomic mass is 19.1. The van der Waals surface area contributed by atoms with Crippen molar-refractivity contribution in [3.05, 3.63) is 88.5 Å². The summed E-state index contributed by atoms with van der Waals surface area (Å²) in [5.41, 5.74) is 3.05. The number of carbonyl (C=O) groups is 2. The Morgan fingerprint density at radius 2 is 1.67 bits per heavy atom. The first-order valence-corrected chi connectivity index (χ1v) is 9.39. The van der Waals surface area contributed by atoms with E-state index >= 15 is 0 Å². The topological polar surface area (TPSA) is 65.5 Å². The zero-order chi connectivity index (χ0) is 21.7. The molecule has 1 aromatic heterocycles. The molecule has 5 nitrogen and oxygen atoms in total. The smallest absolute Gasteiger partial charge is 0.188 e. The molecule has 6 heteroatoms. The second-order valence-electron chi connectivity index (χ2n) is 6.92. The van der Waals surface area contributed by atoms with E-state index in [1.54, 1.807) is 42.6 Å². The zero-order valence-electron chi connectivity index (χ0n) is 17.1. The molecule has 2 aromatic carbocycles. The maximum Gasteiger partial charge on any atom is 0.188 e. The van der Waals surface area contributed by atoms with Crippen molar-refractivity contribution in [3.8, 4) is 11.5 Å². The molecule has 0 aliphatic rings. The van der Waals surface area contributed by atoms with Gasteiger partial charge in [-0.2, -0.15) is 0 Å². The van der Waals surface area contributed by atoms with Crippen LogP contribution in [0.25, 0.3) is 0 Å². The Bertz CT molecular complexity index is 1080. The van der Waals surface area contributed by atoms with Gasteiger partial charge in [0.05, 0.1) is 26.2 Å². The van der Waals surface area contributed by atoms with Crippen LogP contribution in [-0.2, 0) is 6.42 Å². The van der Waals surface area contributed by atoms with Gasteiger partial charge in [-0.3, -0.25) is 14.6 Å². The van der Waals surface area contributed by atoms with Crippen LogP contribution < -0.4 is 9.47 Å². The molecule has 0 bridgehead atoms. The van der Waals surface area contributed by atoms with Crippen LogP contribution in [0.2, 0.25) is 0 Å². The monoisotopic (exact) mass is 407 g/mol. The molecule has 3 rings (SSSR count). The Hall–Kier alpha value is -3.54. The standard InChI is InChI=1S/C24H22FNO4/c1-15-8-9-26-20(10-15)22(28)14-21(27)19-12-17(13-23(29-2)24(19)30-3)11-16-4-6-18(25)7-5-16/h4-10,12-13H,11,14H2,1-3H3. The van der Waals surface area contributed by atoms with Gasteiger partial charge in [-0.1, -0.05) is 12.1 Å². The molecule has 0 unspecified atom stereocenters. The van der Waals surface area contributed by atoms with Crippen molar-refractivity contribution in [2.45, 2.75) is 19.8 Å². The highest BCUT2D eigenvalue weighted by Crippen LogP contribution is 2.34. The van der Waals surface area contributed by atoms with E-state index < -0.39 is 0 Å². The summed E-state index contributed by atoms with van der Waals surface area (Å²) in [6.45, 7) is 1.85. The zero-order valence-corrected chi connectivity index (χ0v) is 17.1. The summed E-state index contributed by atoms with van der Waals surface area (Å²) in [5.74, 6) is -0.407. The van der Waals surface area contributed by atoms with E-state index in [2.05, 4.69) is 4.98 Å². The first-order chi connectivity index (χ1) is 14.4. The lowest BCUT2D eigenvalue weighted by Gasteiger charge is -2.15. The Kier molecular flexibility index (Phi) is 6.57. The first-order valence-electron chi connectivity index (χ1n) is 9.39. The van der Waals surface area contributed by atoms with Gasteiger partial charge in [0.25, 0.3) is 0 Å². The van der Waals surface area contributed by atoms with Crippen molar-refractivity contribution in [3.63, 3.8) is 0 Å². The number of benzene rings is 2. The highest BCUT2D eigenvalue weighted by Gasteiger charge is 2.22. The van der Waals surface area contributed by atoms with Crippen LogP contribution in [0.1, 0.15) is 44.0 Å². The summed E-state index contributed by atoms with van der Waals surface area (Å²) in [5, 5.41) is 0. The molecule has 0 fully saturated rings. The molecular weight excluding hydrogens is 385 g/mol. The van der Waals surface area contributed by atoms with Gasteiger partial charge in [0.1, 0.15) is 11.5 Å². The summed E-state index contributed by atoms with van der Waals surface area (Å²) in [6, 6.07) is 13.0. The number of hydrogen-bond donors (Lipinski definition) is 0. The molecule has 3 aromatic rings. The molecule has 0 saturated heterocycles. The summed E-state index contributed by atoms with van der Waals surface area (Å²) in [4.78, 5) is 29.6. The second kappa shape index (κ2) is 9.31.